The standard InChI is InChI=1S/C9H12BrNO2S/c10-6-4-5-14-9(6)7(11)2-1-3-8(12)13/h4-5,7H,1-3,11H2,(H,12,13). The Hall–Kier alpha value is -0.390. The highest BCUT2D eigenvalue weighted by molar-refractivity contribution is 9.10. The number of thiophene rings is 1. The maximum atomic E-state index is 10.3. The van der Waals surface area contributed by atoms with Crippen LogP contribution in [0.1, 0.15) is 30.2 Å². The van der Waals surface area contributed by atoms with Crippen molar-refractivity contribution in [1.29, 1.82) is 0 Å². The van der Waals surface area contributed by atoms with E-state index < -0.39 is 5.97 Å². The lowest BCUT2D eigenvalue weighted by Gasteiger charge is -2.08. The summed E-state index contributed by atoms with van der Waals surface area (Å²) in [5, 5.41) is 10.4. The molecule has 3 nitrogen and oxygen atoms in total. The second-order valence-corrected chi connectivity index (χ2v) is 4.83. The fourth-order valence-corrected chi connectivity index (χ4v) is 2.88. The third kappa shape index (κ3) is 3.40. The molecule has 1 rings (SSSR count). The highest BCUT2D eigenvalue weighted by Crippen LogP contribution is 2.30. The average molecular weight is 278 g/mol. The van der Waals surface area contributed by atoms with Gasteiger partial charge in [0.25, 0.3) is 0 Å². The Labute approximate surface area is 95.1 Å². The first kappa shape index (κ1) is 11.7. The van der Waals surface area contributed by atoms with E-state index in [0.29, 0.717) is 12.8 Å². The molecule has 14 heavy (non-hydrogen) atoms. The Morgan fingerprint density at radius 2 is 2.43 bits per heavy atom. The van der Waals surface area contributed by atoms with Crippen molar-refractivity contribution in [2.45, 2.75) is 25.3 Å². The molecule has 0 radical (unpaired) electrons. The number of hydrogen-bond acceptors (Lipinski definition) is 3. The van der Waals surface area contributed by atoms with Gasteiger partial charge in [-0.05, 0) is 40.2 Å². The van der Waals surface area contributed by atoms with Crippen LogP contribution in [-0.2, 0) is 4.79 Å². The van der Waals surface area contributed by atoms with Gasteiger partial charge >= 0.3 is 5.97 Å². The molecule has 0 spiro atoms. The van der Waals surface area contributed by atoms with Crippen molar-refractivity contribution in [3.8, 4) is 0 Å². The van der Waals surface area contributed by atoms with Crippen molar-refractivity contribution in [3.05, 3.63) is 20.8 Å². The molecule has 0 aliphatic rings. The molecular weight excluding hydrogens is 266 g/mol. The summed E-state index contributed by atoms with van der Waals surface area (Å²) in [5.74, 6) is -0.762. The number of carbonyl (C=O) groups is 1. The van der Waals surface area contributed by atoms with Gasteiger partial charge in [-0.2, -0.15) is 0 Å². The van der Waals surface area contributed by atoms with Crippen LogP contribution in [0.2, 0.25) is 0 Å². The molecule has 1 heterocycles. The Bertz CT molecular complexity index is 314. The van der Waals surface area contributed by atoms with E-state index in [4.69, 9.17) is 10.8 Å². The summed E-state index contributed by atoms with van der Waals surface area (Å²) in [4.78, 5) is 11.4. The summed E-state index contributed by atoms with van der Waals surface area (Å²) >= 11 is 5.00. The van der Waals surface area contributed by atoms with E-state index in [9.17, 15) is 4.79 Å². The first-order chi connectivity index (χ1) is 6.61. The second-order valence-electron chi connectivity index (χ2n) is 3.03. The van der Waals surface area contributed by atoms with Crippen molar-refractivity contribution in [1.82, 2.24) is 0 Å². The maximum Gasteiger partial charge on any atom is 0.303 e. The fraction of sp³-hybridized carbons (Fsp3) is 0.444. The van der Waals surface area contributed by atoms with Crippen LogP contribution >= 0.6 is 27.3 Å². The normalized spacial score (nSPS) is 12.7. The van der Waals surface area contributed by atoms with E-state index in [0.717, 1.165) is 9.35 Å². The van der Waals surface area contributed by atoms with Gasteiger partial charge in [-0.1, -0.05) is 0 Å². The van der Waals surface area contributed by atoms with Crippen LogP contribution in [0.3, 0.4) is 0 Å². The van der Waals surface area contributed by atoms with Gasteiger partial charge in [-0.15, -0.1) is 11.3 Å². The second kappa shape index (κ2) is 5.48. The molecule has 0 amide bonds. The molecule has 0 fully saturated rings. The Balaban J connectivity index is 2.39. The van der Waals surface area contributed by atoms with Crippen LogP contribution in [0.25, 0.3) is 0 Å². The highest BCUT2D eigenvalue weighted by Gasteiger charge is 2.11. The van der Waals surface area contributed by atoms with Crippen LogP contribution in [0.5, 0.6) is 0 Å². The van der Waals surface area contributed by atoms with Gasteiger partial charge in [0.1, 0.15) is 0 Å². The number of halogens is 1. The molecular formula is C9H12BrNO2S. The van der Waals surface area contributed by atoms with Crippen molar-refractivity contribution < 1.29 is 9.90 Å². The van der Waals surface area contributed by atoms with Crippen LogP contribution < -0.4 is 5.73 Å². The first-order valence-corrected chi connectivity index (χ1v) is 5.99. The van der Waals surface area contributed by atoms with E-state index in [1.807, 2.05) is 11.4 Å². The molecule has 78 valence electrons. The molecule has 1 unspecified atom stereocenters. The molecule has 0 aliphatic heterocycles. The Kier molecular flexibility index (Phi) is 4.57. The molecule has 1 aromatic heterocycles. The molecule has 0 saturated heterocycles. The summed E-state index contributed by atoms with van der Waals surface area (Å²) in [5.41, 5.74) is 5.91. The molecule has 0 aromatic carbocycles. The number of rotatable bonds is 5. The van der Waals surface area contributed by atoms with Gasteiger partial charge in [0.2, 0.25) is 0 Å². The summed E-state index contributed by atoms with van der Waals surface area (Å²) in [6.07, 6.45) is 1.53. The van der Waals surface area contributed by atoms with Crippen molar-refractivity contribution >= 4 is 33.2 Å². The summed E-state index contributed by atoms with van der Waals surface area (Å²) in [6.45, 7) is 0. The molecule has 5 heteroatoms. The van der Waals surface area contributed by atoms with Gasteiger partial charge in [0.05, 0.1) is 0 Å². The monoisotopic (exact) mass is 277 g/mol. The van der Waals surface area contributed by atoms with E-state index in [1.54, 1.807) is 11.3 Å². The van der Waals surface area contributed by atoms with Gasteiger partial charge < -0.3 is 10.8 Å². The zero-order valence-electron chi connectivity index (χ0n) is 7.57. The summed E-state index contributed by atoms with van der Waals surface area (Å²) < 4.78 is 1.02. The SMILES string of the molecule is NC(CCCC(=O)O)c1sccc1Br. The number of hydrogen-bond donors (Lipinski definition) is 2. The van der Waals surface area contributed by atoms with Crippen LogP contribution in [-0.4, -0.2) is 11.1 Å². The Morgan fingerprint density at radius 1 is 1.71 bits per heavy atom. The lowest BCUT2D eigenvalue weighted by Crippen LogP contribution is -2.09. The van der Waals surface area contributed by atoms with Crippen LogP contribution in [0.4, 0.5) is 0 Å². The predicted octanol–water partition coefficient (Wildman–Crippen LogP) is 2.77. The van der Waals surface area contributed by atoms with E-state index >= 15 is 0 Å². The van der Waals surface area contributed by atoms with Gasteiger partial charge in [0, 0.05) is 21.8 Å². The number of nitrogens with two attached hydrogens (primary N) is 1. The van der Waals surface area contributed by atoms with Crippen molar-refractivity contribution in [2.75, 3.05) is 0 Å². The lowest BCUT2D eigenvalue weighted by atomic mass is 10.1. The smallest absolute Gasteiger partial charge is 0.303 e. The first-order valence-electron chi connectivity index (χ1n) is 4.31. The fourth-order valence-electron chi connectivity index (χ4n) is 1.17. The molecule has 0 saturated carbocycles. The minimum absolute atomic E-state index is 0.0521. The summed E-state index contributed by atoms with van der Waals surface area (Å²) in [6, 6.07) is 1.90. The number of aliphatic carboxylic acids is 1. The van der Waals surface area contributed by atoms with Crippen LogP contribution in [0, 0.1) is 0 Å². The van der Waals surface area contributed by atoms with Gasteiger partial charge in [-0.3, -0.25) is 4.79 Å². The van der Waals surface area contributed by atoms with Crippen molar-refractivity contribution in [2.24, 2.45) is 5.73 Å². The van der Waals surface area contributed by atoms with E-state index in [1.165, 1.54) is 0 Å². The van der Waals surface area contributed by atoms with E-state index in [2.05, 4.69) is 15.9 Å². The zero-order valence-corrected chi connectivity index (χ0v) is 9.97. The predicted molar refractivity (Wildman–Crippen MR) is 60.4 cm³/mol. The van der Waals surface area contributed by atoms with Crippen LogP contribution in [0.15, 0.2) is 15.9 Å². The molecule has 3 N–H and O–H groups in total. The Morgan fingerprint density at radius 3 is 2.93 bits per heavy atom. The quantitative estimate of drug-likeness (QED) is 0.870. The summed E-state index contributed by atoms with van der Waals surface area (Å²) in [7, 11) is 0. The van der Waals surface area contributed by atoms with Gasteiger partial charge in [-0.25, -0.2) is 0 Å². The number of carboxylic acid groups (broad SMARTS) is 1. The number of carboxylic acids is 1. The third-order valence-electron chi connectivity index (χ3n) is 1.89. The molecule has 0 bridgehead atoms. The molecule has 1 atom stereocenters. The molecule has 1 aromatic rings. The largest absolute Gasteiger partial charge is 0.481 e. The average Bonchev–Trinajstić information content (AvgIpc) is 2.50. The molecule has 0 aliphatic carbocycles. The minimum Gasteiger partial charge on any atom is -0.481 e. The maximum absolute atomic E-state index is 10.3. The highest BCUT2D eigenvalue weighted by atomic mass is 79.9. The third-order valence-corrected chi connectivity index (χ3v) is 3.89. The minimum atomic E-state index is -0.762. The topological polar surface area (TPSA) is 63.3 Å². The zero-order chi connectivity index (χ0) is 10.6. The van der Waals surface area contributed by atoms with E-state index in [-0.39, 0.29) is 12.5 Å². The van der Waals surface area contributed by atoms with Gasteiger partial charge in [0.15, 0.2) is 0 Å². The lowest BCUT2D eigenvalue weighted by molar-refractivity contribution is -0.137. The van der Waals surface area contributed by atoms with Crippen molar-refractivity contribution in [3.63, 3.8) is 0 Å².